The summed E-state index contributed by atoms with van der Waals surface area (Å²) in [6, 6.07) is 9.67. The van der Waals surface area contributed by atoms with Crippen molar-refractivity contribution in [2.24, 2.45) is 0 Å². The van der Waals surface area contributed by atoms with Crippen molar-refractivity contribution in [3.8, 4) is 5.75 Å². The van der Waals surface area contributed by atoms with Gasteiger partial charge in [0.2, 0.25) is 5.95 Å². The summed E-state index contributed by atoms with van der Waals surface area (Å²) in [5.41, 5.74) is 0.946. The van der Waals surface area contributed by atoms with Crippen molar-refractivity contribution in [3.05, 3.63) is 36.5 Å². The highest BCUT2D eigenvalue weighted by Crippen LogP contribution is 2.21. The largest absolute Gasteiger partial charge is 0.497 e. The molecule has 0 saturated carbocycles. The molecule has 1 heterocycles. The van der Waals surface area contributed by atoms with E-state index in [1.807, 2.05) is 30.3 Å². The van der Waals surface area contributed by atoms with E-state index in [2.05, 4.69) is 34.0 Å². The number of ether oxygens (including phenoxy) is 1. The van der Waals surface area contributed by atoms with Gasteiger partial charge in [0.15, 0.2) is 0 Å². The van der Waals surface area contributed by atoms with Crippen LogP contribution in [0.3, 0.4) is 0 Å². The zero-order valence-electron chi connectivity index (χ0n) is 13.5. The smallest absolute Gasteiger partial charge is 0.227 e. The molecule has 0 aliphatic heterocycles. The van der Waals surface area contributed by atoms with E-state index in [-0.39, 0.29) is 0 Å². The van der Waals surface area contributed by atoms with E-state index in [0.717, 1.165) is 49.1 Å². The fourth-order valence-corrected chi connectivity index (χ4v) is 2.27. The first-order chi connectivity index (χ1) is 10.8. The van der Waals surface area contributed by atoms with Crippen LogP contribution in [-0.4, -0.2) is 30.2 Å². The van der Waals surface area contributed by atoms with Crippen LogP contribution in [0.2, 0.25) is 0 Å². The molecule has 0 unspecified atom stereocenters. The lowest BCUT2D eigenvalue weighted by Gasteiger charge is -2.21. The molecular weight excluding hydrogens is 276 g/mol. The van der Waals surface area contributed by atoms with Crippen molar-refractivity contribution in [3.63, 3.8) is 0 Å². The van der Waals surface area contributed by atoms with Gasteiger partial charge < -0.3 is 15.0 Å². The van der Waals surface area contributed by atoms with Gasteiger partial charge in [-0.15, -0.1) is 0 Å². The number of benzene rings is 1. The van der Waals surface area contributed by atoms with Gasteiger partial charge in [0.25, 0.3) is 0 Å². The third-order valence-electron chi connectivity index (χ3n) is 3.25. The van der Waals surface area contributed by atoms with Gasteiger partial charge in [-0.25, -0.2) is 4.98 Å². The molecule has 22 heavy (non-hydrogen) atoms. The highest BCUT2D eigenvalue weighted by atomic mass is 16.5. The lowest BCUT2D eigenvalue weighted by molar-refractivity contribution is 0.415. The van der Waals surface area contributed by atoms with E-state index >= 15 is 0 Å². The highest BCUT2D eigenvalue weighted by Gasteiger charge is 2.08. The Bertz CT molecular complexity index is 582. The van der Waals surface area contributed by atoms with Gasteiger partial charge in [-0.2, -0.15) is 4.98 Å². The summed E-state index contributed by atoms with van der Waals surface area (Å²) in [4.78, 5) is 11.2. The van der Waals surface area contributed by atoms with Crippen molar-refractivity contribution >= 4 is 17.5 Å². The molecule has 2 rings (SSSR count). The van der Waals surface area contributed by atoms with Gasteiger partial charge in [-0.05, 0) is 31.0 Å². The van der Waals surface area contributed by atoms with Crippen LogP contribution in [0.1, 0.15) is 26.7 Å². The predicted octanol–water partition coefficient (Wildman–Crippen LogP) is 3.86. The second-order valence-corrected chi connectivity index (χ2v) is 5.09. The Morgan fingerprint density at radius 2 is 1.91 bits per heavy atom. The average Bonchev–Trinajstić information content (AvgIpc) is 2.55. The second kappa shape index (κ2) is 8.22. The number of rotatable bonds is 8. The number of anilines is 3. The normalized spacial score (nSPS) is 10.3. The van der Waals surface area contributed by atoms with E-state index < -0.39 is 0 Å². The van der Waals surface area contributed by atoms with Crippen LogP contribution in [0.25, 0.3) is 0 Å². The van der Waals surface area contributed by atoms with Crippen LogP contribution in [-0.2, 0) is 0 Å². The maximum atomic E-state index is 5.24. The third kappa shape index (κ3) is 4.35. The summed E-state index contributed by atoms with van der Waals surface area (Å²) < 4.78 is 5.24. The molecule has 5 heteroatoms. The molecule has 1 aromatic heterocycles. The molecule has 0 fully saturated rings. The fraction of sp³-hybridized carbons (Fsp3) is 0.412. The number of nitrogens with one attached hydrogen (secondary N) is 1. The Balaban J connectivity index is 2.16. The summed E-state index contributed by atoms with van der Waals surface area (Å²) in [7, 11) is 1.66. The SMILES string of the molecule is CCCN(CCC)c1nccc(Nc2cccc(OC)c2)n1. The van der Waals surface area contributed by atoms with Crippen molar-refractivity contribution in [2.45, 2.75) is 26.7 Å². The number of aromatic nitrogens is 2. The van der Waals surface area contributed by atoms with Crippen LogP contribution >= 0.6 is 0 Å². The summed E-state index contributed by atoms with van der Waals surface area (Å²) in [5, 5.41) is 3.30. The molecule has 2 aromatic rings. The van der Waals surface area contributed by atoms with Crippen molar-refractivity contribution < 1.29 is 4.74 Å². The van der Waals surface area contributed by atoms with E-state index in [0.29, 0.717) is 0 Å². The second-order valence-electron chi connectivity index (χ2n) is 5.09. The molecule has 1 N–H and O–H groups in total. The quantitative estimate of drug-likeness (QED) is 0.802. The Morgan fingerprint density at radius 1 is 1.14 bits per heavy atom. The van der Waals surface area contributed by atoms with Crippen LogP contribution < -0.4 is 15.0 Å². The van der Waals surface area contributed by atoms with Crippen molar-refractivity contribution in [2.75, 3.05) is 30.4 Å². The Hall–Kier alpha value is -2.30. The number of hydrogen-bond donors (Lipinski definition) is 1. The third-order valence-corrected chi connectivity index (χ3v) is 3.25. The molecule has 0 atom stereocenters. The minimum atomic E-state index is 0.775. The van der Waals surface area contributed by atoms with Crippen LogP contribution in [0.15, 0.2) is 36.5 Å². The lowest BCUT2D eigenvalue weighted by atomic mass is 10.3. The molecule has 0 saturated heterocycles. The van der Waals surface area contributed by atoms with Gasteiger partial charge >= 0.3 is 0 Å². The molecular formula is C17H24N4O. The van der Waals surface area contributed by atoms with Crippen LogP contribution in [0.4, 0.5) is 17.5 Å². The average molecular weight is 300 g/mol. The summed E-state index contributed by atoms with van der Waals surface area (Å²) >= 11 is 0. The Labute approximate surface area is 132 Å². The zero-order chi connectivity index (χ0) is 15.8. The summed E-state index contributed by atoms with van der Waals surface area (Å²) in [6.07, 6.45) is 3.96. The molecule has 118 valence electrons. The van der Waals surface area contributed by atoms with Gasteiger partial charge in [-0.1, -0.05) is 19.9 Å². The van der Waals surface area contributed by atoms with Gasteiger partial charge in [-0.3, -0.25) is 0 Å². The van der Waals surface area contributed by atoms with Crippen LogP contribution in [0, 0.1) is 0 Å². The number of nitrogens with zero attached hydrogens (tertiary/aromatic N) is 3. The summed E-state index contributed by atoms with van der Waals surface area (Å²) in [6.45, 7) is 6.27. The zero-order valence-corrected chi connectivity index (χ0v) is 13.5. The first kappa shape index (κ1) is 16.1. The molecule has 1 aromatic carbocycles. The first-order valence-corrected chi connectivity index (χ1v) is 7.76. The number of hydrogen-bond acceptors (Lipinski definition) is 5. The molecule has 0 spiro atoms. The minimum Gasteiger partial charge on any atom is -0.497 e. The van der Waals surface area contributed by atoms with Crippen molar-refractivity contribution in [1.82, 2.24) is 9.97 Å². The lowest BCUT2D eigenvalue weighted by Crippen LogP contribution is -2.26. The van der Waals surface area contributed by atoms with Gasteiger partial charge in [0, 0.05) is 31.0 Å². The molecule has 0 amide bonds. The van der Waals surface area contributed by atoms with Gasteiger partial charge in [0.1, 0.15) is 11.6 Å². The van der Waals surface area contributed by atoms with E-state index in [4.69, 9.17) is 4.74 Å². The minimum absolute atomic E-state index is 0.775. The standard InChI is InChI=1S/C17H24N4O/c1-4-11-21(12-5-2)17-18-10-9-16(20-17)19-14-7-6-8-15(13-14)22-3/h6-10,13H,4-5,11-12H2,1-3H3,(H,18,19,20). The fourth-order valence-electron chi connectivity index (χ4n) is 2.27. The van der Waals surface area contributed by atoms with E-state index in [1.54, 1.807) is 13.3 Å². The highest BCUT2D eigenvalue weighted by molar-refractivity contribution is 5.58. The van der Waals surface area contributed by atoms with E-state index in [1.165, 1.54) is 0 Å². The van der Waals surface area contributed by atoms with Crippen molar-refractivity contribution in [1.29, 1.82) is 0 Å². The molecule has 0 aliphatic carbocycles. The molecule has 0 radical (unpaired) electrons. The topological polar surface area (TPSA) is 50.3 Å². The molecule has 0 bridgehead atoms. The monoisotopic (exact) mass is 300 g/mol. The van der Waals surface area contributed by atoms with E-state index in [9.17, 15) is 0 Å². The predicted molar refractivity (Wildman–Crippen MR) is 91.1 cm³/mol. The molecule has 5 nitrogen and oxygen atoms in total. The summed E-state index contributed by atoms with van der Waals surface area (Å²) in [5.74, 6) is 2.38. The first-order valence-electron chi connectivity index (χ1n) is 7.76. The van der Waals surface area contributed by atoms with Crippen LogP contribution in [0.5, 0.6) is 5.75 Å². The van der Waals surface area contributed by atoms with Gasteiger partial charge in [0.05, 0.1) is 7.11 Å². The molecule has 0 aliphatic rings. The maximum Gasteiger partial charge on any atom is 0.227 e. The number of methoxy groups -OCH3 is 1. The Morgan fingerprint density at radius 3 is 2.59 bits per heavy atom. The Kier molecular flexibility index (Phi) is 6.01. The maximum absolute atomic E-state index is 5.24.